The fourth-order valence-corrected chi connectivity index (χ4v) is 3.03. The smallest absolute Gasteiger partial charge is 0.329 e. The summed E-state index contributed by atoms with van der Waals surface area (Å²) in [6.45, 7) is 2.61. The van der Waals surface area contributed by atoms with Gasteiger partial charge in [-0.25, -0.2) is 17.9 Å². The van der Waals surface area contributed by atoms with Gasteiger partial charge in [-0.2, -0.15) is 0 Å². The van der Waals surface area contributed by atoms with Crippen molar-refractivity contribution in [3.8, 4) is 11.5 Å². The SMILES string of the molecule is COc1ccc(S(=O)(=O)NCCC(=O)N(C)C(C)(C)C(=O)O)cc1OC. The van der Waals surface area contributed by atoms with Crippen LogP contribution in [0.1, 0.15) is 20.3 Å². The number of amides is 1. The molecule has 0 aromatic heterocycles. The van der Waals surface area contributed by atoms with Crippen LogP contribution in [-0.4, -0.2) is 63.7 Å². The Morgan fingerprint density at radius 3 is 2.27 bits per heavy atom. The van der Waals surface area contributed by atoms with Crippen molar-refractivity contribution in [2.24, 2.45) is 0 Å². The molecule has 9 nitrogen and oxygen atoms in total. The van der Waals surface area contributed by atoms with Gasteiger partial charge in [-0.1, -0.05) is 0 Å². The molecule has 0 aliphatic carbocycles. The van der Waals surface area contributed by atoms with E-state index in [1.54, 1.807) is 0 Å². The normalized spacial score (nSPS) is 11.7. The first-order valence-electron chi connectivity index (χ1n) is 7.69. The van der Waals surface area contributed by atoms with Crippen LogP contribution in [0.5, 0.6) is 11.5 Å². The minimum atomic E-state index is -3.86. The molecule has 0 fully saturated rings. The van der Waals surface area contributed by atoms with Crippen LogP contribution in [0.2, 0.25) is 0 Å². The molecule has 1 aromatic carbocycles. The third-order valence-electron chi connectivity index (χ3n) is 4.03. The molecular weight excluding hydrogens is 364 g/mol. The number of rotatable bonds is 9. The van der Waals surface area contributed by atoms with E-state index >= 15 is 0 Å². The second kappa shape index (κ2) is 8.37. The van der Waals surface area contributed by atoms with E-state index in [9.17, 15) is 18.0 Å². The molecule has 0 saturated heterocycles. The number of sulfonamides is 1. The maximum atomic E-state index is 12.3. The predicted octanol–water partition coefficient (Wildman–Crippen LogP) is 0.694. The van der Waals surface area contributed by atoms with Crippen molar-refractivity contribution in [2.75, 3.05) is 27.8 Å². The molecule has 0 radical (unpaired) electrons. The summed E-state index contributed by atoms with van der Waals surface area (Å²) in [6.07, 6.45) is -0.181. The van der Waals surface area contributed by atoms with Crippen LogP contribution in [-0.2, 0) is 19.6 Å². The third-order valence-corrected chi connectivity index (χ3v) is 5.49. The zero-order valence-corrected chi connectivity index (χ0v) is 16.2. The largest absolute Gasteiger partial charge is 0.493 e. The molecule has 10 heteroatoms. The lowest BCUT2D eigenvalue weighted by molar-refractivity contribution is -0.155. The molecule has 1 aromatic rings. The van der Waals surface area contributed by atoms with Gasteiger partial charge in [-0.15, -0.1) is 0 Å². The van der Waals surface area contributed by atoms with Gasteiger partial charge in [-0.3, -0.25) is 4.79 Å². The molecule has 0 atom stereocenters. The monoisotopic (exact) mass is 388 g/mol. The van der Waals surface area contributed by atoms with Crippen molar-refractivity contribution >= 4 is 21.9 Å². The van der Waals surface area contributed by atoms with Crippen LogP contribution in [0, 0.1) is 0 Å². The number of hydrogen-bond donors (Lipinski definition) is 2. The highest BCUT2D eigenvalue weighted by molar-refractivity contribution is 7.89. The standard InChI is InChI=1S/C16H24N2O7S/c1-16(2,15(20)21)18(3)14(19)8-9-17-26(22,23)11-6-7-12(24-4)13(10-11)25-5/h6-7,10,17H,8-9H2,1-5H3,(H,20,21). The first kappa shape index (κ1) is 21.7. The predicted molar refractivity (Wildman–Crippen MR) is 93.8 cm³/mol. The van der Waals surface area contributed by atoms with Gasteiger partial charge in [0.25, 0.3) is 0 Å². The summed E-state index contributed by atoms with van der Waals surface area (Å²) in [5.41, 5.74) is -1.39. The summed E-state index contributed by atoms with van der Waals surface area (Å²) in [5, 5.41) is 9.13. The number of nitrogens with one attached hydrogen (secondary N) is 1. The van der Waals surface area contributed by atoms with Gasteiger partial charge in [0.15, 0.2) is 11.5 Å². The number of hydrogen-bond acceptors (Lipinski definition) is 6. The second-order valence-electron chi connectivity index (χ2n) is 5.98. The van der Waals surface area contributed by atoms with E-state index in [1.807, 2.05) is 0 Å². The fourth-order valence-electron chi connectivity index (χ4n) is 1.98. The van der Waals surface area contributed by atoms with Crippen molar-refractivity contribution in [3.63, 3.8) is 0 Å². The number of nitrogens with zero attached hydrogens (tertiary/aromatic N) is 1. The Bertz CT molecular complexity index is 775. The third kappa shape index (κ3) is 4.85. The van der Waals surface area contributed by atoms with Crippen LogP contribution >= 0.6 is 0 Å². The lowest BCUT2D eigenvalue weighted by Crippen LogP contribution is -2.51. The summed E-state index contributed by atoms with van der Waals surface area (Å²) in [6, 6.07) is 4.12. The van der Waals surface area contributed by atoms with Gasteiger partial charge >= 0.3 is 5.97 Å². The summed E-state index contributed by atoms with van der Waals surface area (Å²) >= 11 is 0. The molecule has 0 unspecified atom stereocenters. The molecule has 0 aliphatic rings. The Morgan fingerprint density at radius 1 is 1.19 bits per heavy atom. The van der Waals surface area contributed by atoms with Gasteiger partial charge in [-0.05, 0) is 26.0 Å². The molecule has 0 aliphatic heterocycles. The number of benzene rings is 1. The zero-order chi connectivity index (χ0) is 20.1. The number of carbonyl (C=O) groups is 2. The highest BCUT2D eigenvalue weighted by atomic mass is 32.2. The molecule has 0 saturated carbocycles. The van der Waals surface area contributed by atoms with Crippen molar-refractivity contribution < 1.29 is 32.6 Å². The highest BCUT2D eigenvalue weighted by Gasteiger charge is 2.34. The Hall–Kier alpha value is -2.33. The average molecular weight is 388 g/mol. The van der Waals surface area contributed by atoms with Gasteiger partial charge in [0.05, 0.1) is 19.1 Å². The van der Waals surface area contributed by atoms with Crippen molar-refractivity contribution in [3.05, 3.63) is 18.2 Å². The second-order valence-corrected chi connectivity index (χ2v) is 7.75. The fraction of sp³-hybridized carbons (Fsp3) is 0.500. The van der Waals surface area contributed by atoms with Crippen molar-refractivity contribution in [2.45, 2.75) is 30.7 Å². The quantitative estimate of drug-likeness (QED) is 0.638. The van der Waals surface area contributed by atoms with Gasteiger partial charge in [0.1, 0.15) is 5.54 Å². The highest BCUT2D eigenvalue weighted by Crippen LogP contribution is 2.29. The van der Waals surface area contributed by atoms with Crippen LogP contribution in [0.3, 0.4) is 0 Å². The van der Waals surface area contributed by atoms with Crippen LogP contribution in [0.25, 0.3) is 0 Å². The Kier molecular flexibility index (Phi) is 6.99. The summed E-state index contributed by atoms with van der Waals surface area (Å²) in [5.74, 6) is -1.000. The maximum Gasteiger partial charge on any atom is 0.329 e. The van der Waals surface area contributed by atoms with Gasteiger partial charge in [0, 0.05) is 26.1 Å². The molecule has 1 amide bonds. The van der Waals surface area contributed by atoms with Crippen molar-refractivity contribution in [1.29, 1.82) is 0 Å². The molecule has 146 valence electrons. The number of methoxy groups -OCH3 is 2. The van der Waals surface area contributed by atoms with E-state index in [0.29, 0.717) is 5.75 Å². The number of carboxylic acid groups (broad SMARTS) is 1. The van der Waals surface area contributed by atoms with E-state index in [0.717, 1.165) is 4.90 Å². The molecule has 1 rings (SSSR count). The van der Waals surface area contributed by atoms with Gasteiger partial charge in [0.2, 0.25) is 15.9 Å². The lowest BCUT2D eigenvalue weighted by atomic mass is 10.0. The van der Waals surface area contributed by atoms with Crippen molar-refractivity contribution in [1.82, 2.24) is 9.62 Å². The average Bonchev–Trinajstić information content (AvgIpc) is 2.59. The minimum Gasteiger partial charge on any atom is -0.493 e. The minimum absolute atomic E-state index is 0.0400. The number of aliphatic carboxylic acids is 1. The molecule has 0 spiro atoms. The molecule has 2 N–H and O–H groups in total. The lowest BCUT2D eigenvalue weighted by Gasteiger charge is -2.31. The molecule has 0 heterocycles. The summed E-state index contributed by atoms with van der Waals surface area (Å²) < 4.78 is 37.1. The Morgan fingerprint density at radius 2 is 1.77 bits per heavy atom. The number of likely N-dealkylation sites (N-methyl/N-ethyl adjacent to an activating group) is 1. The summed E-state index contributed by atoms with van der Waals surface area (Å²) in [7, 11) is 0.322. The van der Waals surface area contributed by atoms with E-state index in [2.05, 4.69) is 4.72 Å². The first-order valence-corrected chi connectivity index (χ1v) is 9.17. The molecule has 0 bridgehead atoms. The van der Waals surface area contributed by atoms with E-state index in [-0.39, 0.29) is 23.6 Å². The summed E-state index contributed by atoms with van der Waals surface area (Å²) in [4.78, 5) is 24.3. The van der Waals surface area contributed by atoms with Crippen LogP contribution < -0.4 is 14.2 Å². The maximum absolute atomic E-state index is 12.3. The Labute approximate surface area is 152 Å². The molecule has 26 heavy (non-hydrogen) atoms. The van der Waals surface area contributed by atoms with E-state index < -0.39 is 27.4 Å². The number of carbonyl (C=O) groups excluding carboxylic acids is 1. The molecular formula is C16H24N2O7S. The van der Waals surface area contributed by atoms with Gasteiger partial charge < -0.3 is 19.5 Å². The van der Waals surface area contributed by atoms with E-state index in [4.69, 9.17) is 14.6 Å². The topological polar surface area (TPSA) is 122 Å². The van der Waals surface area contributed by atoms with Crippen LogP contribution in [0.4, 0.5) is 0 Å². The number of carboxylic acids is 1. The Balaban J connectivity index is 2.78. The number of ether oxygens (including phenoxy) is 2. The zero-order valence-electron chi connectivity index (χ0n) is 15.4. The van der Waals surface area contributed by atoms with Crippen LogP contribution in [0.15, 0.2) is 23.1 Å². The first-order chi connectivity index (χ1) is 12.0. The van der Waals surface area contributed by atoms with E-state index in [1.165, 1.54) is 53.3 Å².